The van der Waals surface area contributed by atoms with E-state index in [1.165, 1.54) is 0 Å². The molecule has 7 heteroatoms. The van der Waals surface area contributed by atoms with E-state index in [2.05, 4.69) is 10.2 Å². The molecular formula is C28H29N3O4. The van der Waals surface area contributed by atoms with Gasteiger partial charge in [-0.2, -0.15) is 0 Å². The van der Waals surface area contributed by atoms with Gasteiger partial charge in [-0.05, 0) is 68.5 Å². The van der Waals surface area contributed by atoms with Crippen LogP contribution in [0.1, 0.15) is 34.3 Å². The zero-order valence-electron chi connectivity index (χ0n) is 20.2. The Bertz CT molecular complexity index is 1220. The predicted molar refractivity (Wildman–Crippen MR) is 137 cm³/mol. The number of nitrogens with one attached hydrogen (secondary N) is 1. The van der Waals surface area contributed by atoms with Crippen LogP contribution in [0.15, 0.2) is 77.8 Å². The van der Waals surface area contributed by atoms with Crippen LogP contribution in [-0.4, -0.2) is 56.3 Å². The van der Waals surface area contributed by atoms with Crippen molar-refractivity contribution >= 4 is 29.0 Å². The van der Waals surface area contributed by atoms with Crippen LogP contribution in [0, 0.1) is 0 Å². The Kier molecular flexibility index (Phi) is 7.57. The highest BCUT2D eigenvalue weighted by molar-refractivity contribution is 6.24. The molecule has 0 radical (unpaired) electrons. The van der Waals surface area contributed by atoms with Gasteiger partial charge in [0.15, 0.2) is 0 Å². The monoisotopic (exact) mass is 471 g/mol. The third kappa shape index (κ3) is 5.75. The first-order valence-electron chi connectivity index (χ1n) is 11.6. The number of nitrogens with zero attached hydrogens (tertiary/aromatic N) is 2. The van der Waals surface area contributed by atoms with Gasteiger partial charge < -0.3 is 19.7 Å². The van der Waals surface area contributed by atoms with E-state index in [4.69, 9.17) is 14.5 Å². The number of esters is 1. The van der Waals surface area contributed by atoms with E-state index in [-0.39, 0.29) is 12.5 Å². The van der Waals surface area contributed by atoms with Crippen molar-refractivity contribution < 1.29 is 19.1 Å². The second-order valence-electron chi connectivity index (χ2n) is 8.45. The van der Waals surface area contributed by atoms with Crippen molar-refractivity contribution in [1.29, 1.82) is 0 Å². The van der Waals surface area contributed by atoms with Crippen molar-refractivity contribution in [3.63, 3.8) is 0 Å². The minimum absolute atomic E-state index is 0.188. The Hall–Kier alpha value is -3.97. The summed E-state index contributed by atoms with van der Waals surface area (Å²) in [5, 5.41) is 2.91. The molecule has 1 aliphatic rings. The van der Waals surface area contributed by atoms with Crippen molar-refractivity contribution in [2.45, 2.75) is 12.8 Å². The number of likely N-dealkylation sites (N-methyl/N-ethyl adjacent to an activating group) is 1. The topological polar surface area (TPSA) is 80.2 Å². The van der Waals surface area contributed by atoms with E-state index in [1.807, 2.05) is 68.7 Å². The summed E-state index contributed by atoms with van der Waals surface area (Å²) >= 11 is 0. The van der Waals surface area contributed by atoms with Gasteiger partial charge in [-0.25, -0.2) is 4.79 Å². The maximum Gasteiger partial charge on any atom is 0.338 e. The number of benzene rings is 3. The molecule has 1 amide bonds. The van der Waals surface area contributed by atoms with E-state index in [0.29, 0.717) is 29.3 Å². The lowest BCUT2D eigenvalue weighted by Gasteiger charge is -2.14. The van der Waals surface area contributed by atoms with Crippen LogP contribution in [0.2, 0.25) is 0 Å². The normalized spacial score (nSPS) is 15.0. The van der Waals surface area contributed by atoms with E-state index in [9.17, 15) is 9.59 Å². The van der Waals surface area contributed by atoms with Crippen LogP contribution in [-0.2, 0) is 9.53 Å². The molecule has 1 heterocycles. The predicted octanol–water partition coefficient (Wildman–Crippen LogP) is 4.66. The molecule has 1 aliphatic heterocycles. The van der Waals surface area contributed by atoms with Gasteiger partial charge in [0.05, 0.1) is 23.6 Å². The summed E-state index contributed by atoms with van der Waals surface area (Å²) in [4.78, 5) is 32.3. The highest BCUT2D eigenvalue weighted by atomic mass is 16.5. The summed E-state index contributed by atoms with van der Waals surface area (Å²) in [6.45, 7) is 3.47. The molecule has 3 aromatic carbocycles. The molecule has 0 saturated heterocycles. The van der Waals surface area contributed by atoms with Crippen molar-refractivity contribution in [3.8, 4) is 5.75 Å². The summed E-state index contributed by atoms with van der Waals surface area (Å²) in [5.74, 6) is -0.452. The first-order valence-corrected chi connectivity index (χ1v) is 11.6. The molecule has 0 spiro atoms. The number of anilines is 1. The number of fused-ring (bicyclic) bond motifs is 1. The largest absolute Gasteiger partial charge is 0.492 e. The third-order valence-electron chi connectivity index (χ3n) is 5.63. The smallest absolute Gasteiger partial charge is 0.338 e. The molecule has 1 N–H and O–H groups in total. The molecule has 0 saturated carbocycles. The molecule has 4 rings (SSSR count). The summed E-state index contributed by atoms with van der Waals surface area (Å²) in [5.41, 5.74) is 3.96. The first-order chi connectivity index (χ1) is 17.0. The van der Waals surface area contributed by atoms with Gasteiger partial charge in [0, 0.05) is 12.2 Å². The molecule has 0 aromatic heterocycles. The number of amides is 1. The van der Waals surface area contributed by atoms with Gasteiger partial charge in [0.2, 0.25) is 5.91 Å². The summed E-state index contributed by atoms with van der Waals surface area (Å²) in [7, 11) is 4.00. The van der Waals surface area contributed by atoms with Crippen LogP contribution < -0.4 is 10.1 Å². The van der Waals surface area contributed by atoms with E-state index in [0.717, 1.165) is 23.4 Å². The fraction of sp³-hybridized carbons (Fsp3) is 0.250. The Morgan fingerprint density at radius 2 is 1.74 bits per heavy atom. The Labute approximate surface area is 205 Å². The SMILES string of the molecule is CCOC(=O)c1ccc2c(c1)NC(=O)C2C(=Nc1ccc(OCCN(C)C)cc1)c1ccccc1. The van der Waals surface area contributed by atoms with E-state index < -0.39 is 11.9 Å². The highest BCUT2D eigenvalue weighted by Crippen LogP contribution is 2.37. The minimum Gasteiger partial charge on any atom is -0.492 e. The molecule has 7 nitrogen and oxygen atoms in total. The Balaban J connectivity index is 1.67. The van der Waals surface area contributed by atoms with Crippen molar-refractivity contribution in [2.24, 2.45) is 4.99 Å². The lowest BCUT2D eigenvalue weighted by Crippen LogP contribution is -2.21. The number of carbonyl (C=O) groups excluding carboxylic acids is 2. The van der Waals surface area contributed by atoms with Crippen LogP contribution in [0.5, 0.6) is 5.75 Å². The quantitative estimate of drug-likeness (QED) is 0.363. The number of rotatable bonds is 9. The summed E-state index contributed by atoms with van der Waals surface area (Å²) in [6, 6.07) is 22.3. The molecule has 1 unspecified atom stereocenters. The first kappa shape index (κ1) is 24.2. The third-order valence-corrected chi connectivity index (χ3v) is 5.63. The second-order valence-corrected chi connectivity index (χ2v) is 8.45. The average Bonchev–Trinajstić information content (AvgIpc) is 3.18. The number of ether oxygens (including phenoxy) is 2. The summed E-state index contributed by atoms with van der Waals surface area (Å²) in [6.07, 6.45) is 0. The average molecular weight is 472 g/mol. The lowest BCUT2D eigenvalue weighted by atomic mass is 9.90. The number of hydrogen-bond acceptors (Lipinski definition) is 6. The second kappa shape index (κ2) is 11.0. The number of carbonyl (C=O) groups is 2. The van der Waals surface area contributed by atoms with Crippen molar-refractivity contribution in [2.75, 3.05) is 39.2 Å². The molecule has 180 valence electrons. The van der Waals surface area contributed by atoms with Crippen LogP contribution >= 0.6 is 0 Å². The van der Waals surface area contributed by atoms with Crippen LogP contribution in [0.3, 0.4) is 0 Å². The lowest BCUT2D eigenvalue weighted by molar-refractivity contribution is -0.115. The maximum absolute atomic E-state index is 13.1. The molecular weight excluding hydrogens is 442 g/mol. The fourth-order valence-electron chi connectivity index (χ4n) is 3.88. The van der Waals surface area contributed by atoms with Gasteiger partial charge >= 0.3 is 5.97 Å². The van der Waals surface area contributed by atoms with E-state index >= 15 is 0 Å². The summed E-state index contributed by atoms with van der Waals surface area (Å²) < 4.78 is 10.9. The molecule has 0 fully saturated rings. The van der Waals surface area contributed by atoms with Gasteiger partial charge in [0.25, 0.3) is 0 Å². The minimum atomic E-state index is -0.611. The van der Waals surface area contributed by atoms with E-state index in [1.54, 1.807) is 25.1 Å². The van der Waals surface area contributed by atoms with Gasteiger partial charge in [-0.1, -0.05) is 36.4 Å². The van der Waals surface area contributed by atoms with Gasteiger partial charge in [0.1, 0.15) is 18.3 Å². The van der Waals surface area contributed by atoms with Gasteiger partial charge in [-0.15, -0.1) is 0 Å². The van der Waals surface area contributed by atoms with Crippen molar-refractivity contribution in [1.82, 2.24) is 4.90 Å². The Morgan fingerprint density at radius 1 is 1.00 bits per heavy atom. The van der Waals surface area contributed by atoms with Gasteiger partial charge in [-0.3, -0.25) is 9.79 Å². The van der Waals surface area contributed by atoms with Crippen LogP contribution in [0.4, 0.5) is 11.4 Å². The zero-order valence-corrected chi connectivity index (χ0v) is 20.2. The standard InChI is InChI=1S/C28H29N3O4/c1-4-34-28(33)20-10-15-23-24(18-20)30-27(32)25(23)26(19-8-6-5-7-9-19)29-21-11-13-22(14-12-21)35-17-16-31(2)3/h5-15,18,25H,4,16-17H2,1-3H3,(H,30,32). The van der Waals surface area contributed by atoms with Crippen LogP contribution in [0.25, 0.3) is 0 Å². The molecule has 0 aliphatic carbocycles. The zero-order chi connectivity index (χ0) is 24.8. The Morgan fingerprint density at radius 3 is 2.43 bits per heavy atom. The van der Waals surface area contributed by atoms with Crippen molar-refractivity contribution in [3.05, 3.63) is 89.5 Å². The molecule has 0 bridgehead atoms. The highest BCUT2D eigenvalue weighted by Gasteiger charge is 2.36. The number of hydrogen-bond donors (Lipinski definition) is 1. The molecule has 35 heavy (non-hydrogen) atoms. The molecule has 3 aromatic rings. The number of aliphatic imine (C=N–C) groups is 1. The molecule has 1 atom stereocenters. The fourth-order valence-corrected chi connectivity index (χ4v) is 3.88. The maximum atomic E-state index is 13.1.